The van der Waals surface area contributed by atoms with Crippen LogP contribution in [0.2, 0.25) is 0 Å². The highest BCUT2D eigenvalue weighted by atomic mass is 32.2. The van der Waals surface area contributed by atoms with Gasteiger partial charge in [-0.05, 0) is 18.8 Å². The first-order valence-electron chi connectivity index (χ1n) is 4.06. The van der Waals surface area contributed by atoms with Crippen LogP contribution in [0.4, 0.5) is 0 Å². The molecule has 11 heavy (non-hydrogen) atoms. The molecule has 4 atom stereocenters. The summed E-state index contributed by atoms with van der Waals surface area (Å²) in [6, 6.07) is 0. The molecular formula is C8H12O2S. The second-order valence-corrected chi connectivity index (χ2v) is 5.09. The average Bonchev–Trinajstić information content (AvgIpc) is 2.63. The summed E-state index contributed by atoms with van der Waals surface area (Å²) in [4.78, 5) is 10.7. The monoisotopic (exact) mass is 172 g/mol. The Bertz CT molecular complexity index is 193. The van der Waals surface area contributed by atoms with Crippen LogP contribution >= 0.6 is 11.8 Å². The van der Waals surface area contributed by atoms with Crippen molar-refractivity contribution in [2.45, 2.75) is 30.3 Å². The summed E-state index contributed by atoms with van der Waals surface area (Å²) >= 11 is 1.96. The lowest BCUT2D eigenvalue weighted by Gasteiger charge is -2.23. The summed E-state index contributed by atoms with van der Waals surface area (Å²) in [5, 5.41) is 10.3. The minimum absolute atomic E-state index is 0.0637. The molecule has 0 bridgehead atoms. The maximum absolute atomic E-state index is 10.7. The van der Waals surface area contributed by atoms with Gasteiger partial charge in [-0.1, -0.05) is 6.92 Å². The number of hydrogen-bond donors (Lipinski definition) is 1. The zero-order valence-corrected chi connectivity index (χ0v) is 7.30. The molecule has 1 saturated carbocycles. The SMILES string of the molecule is CC1CC2SC2CC1C(=O)O. The Morgan fingerprint density at radius 2 is 2.09 bits per heavy atom. The largest absolute Gasteiger partial charge is 0.481 e. The maximum Gasteiger partial charge on any atom is 0.306 e. The van der Waals surface area contributed by atoms with Crippen molar-refractivity contribution < 1.29 is 9.90 Å². The topological polar surface area (TPSA) is 37.3 Å². The quantitative estimate of drug-likeness (QED) is 0.610. The molecule has 0 aromatic rings. The van der Waals surface area contributed by atoms with E-state index >= 15 is 0 Å². The molecule has 1 aliphatic carbocycles. The Balaban J connectivity index is 2.03. The number of hydrogen-bond acceptors (Lipinski definition) is 2. The highest BCUT2D eigenvalue weighted by molar-refractivity contribution is 8.07. The van der Waals surface area contributed by atoms with Crippen LogP contribution in [0.25, 0.3) is 0 Å². The van der Waals surface area contributed by atoms with Gasteiger partial charge in [-0.25, -0.2) is 0 Å². The van der Waals surface area contributed by atoms with Crippen molar-refractivity contribution in [3.63, 3.8) is 0 Å². The van der Waals surface area contributed by atoms with Crippen molar-refractivity contribution in [3.8, 4) is 0 Å². The Labute approximate surface area is 70.4 Å². The Hall–Kier alpha value is -0.180. The Morgan fingerprint density at radius 3 is 2.73 bits per heavy atom. The van der Waals surface area contributed by atoms with Gasteiger partial charge in [-0.15, -0.1) is 0 Å². The van der Waals surface area contributed by atoms with Gasteiger partial charge in [0.2, 0.25) is 0 Å². The van der Waals surface area contributed by atoms with Crippen LogP contribution in [-0.4, -0.2) is 21.6 Å². The number of thioether (sulfide) groups is 1. The Kier molecular flexibility index (Phi) is 1.63. The molecule has 2 fully saturated rings. The van der Waals surface area contributed by atoms with E-state index in [0.29, 0.717) is 11.2 Å². The van der Waals surface area contributed by atoms with Crippen molar-refractivity contribution >= 4 is 17.7 Å². The first kappa shape index (κ1) is 7.47. The maximum atomic E-state index is 10.7. The fraction of sp³-hybridized carbons (Fsp3) is 0.875. The average molecular weight is 172 g/mol. The predicted octanol–water partition coefficient (Wildman–Crippen LogP) is 1.60. The standard InChI is InChI=1S/C8H12O2S/c1-4-2-6-7(11-6)3-5(4)8(9)10/h4-7H,2-3H2,1H3,(H,9,10). The molecule has 0 aromatic carbocycles. The smallest absolute Gasteiger partial charge is 0.306 e. The summed E-state index contributed by atoms with van der Waals surface area (Å²) < 4.78 is 0. The lowest BCUT2D eigenvalue weighted by molar-refractivity contribution is -0.144. The second kappa shape index (κ2) is 2.41. The fourth-order valence-corrected chi connectivity index (χ4v) is 3.26. The van der Waals surface area contributed by atoms with Gasteiger partial charge in [0.05, 0.1) is 5.92 Å². The molecule has 0 radical (unpaired) electrons. The zero-order valence-electron chi connectivity index (χ0n) is 6.49. The molecule has 4 unspecified atom stereocenters. The van der Waals surface area contributed by atoms with Crippen molar-refractivity contribution in [1.82, 2.24) is 0 Å². The van der Waals surface area contributed by atoms with E-state index in [2.05, 4.69) is 6.92 Å². The van der Waals surface area contributed by atoms with Crippen LogP contribution in [0.3, 0.4) is 0 Å². The lowest BCUT2D eigenvalue weighted by Crippen LogP contribution is -2.28. The van der Waals surface area contributed by atoms with Crippen LogP contribution in [0.15, 0.2) is 0 Å². The molecule has 1 saturated heterocycles. The number of rotatable bonds is 1. The molecule has 2 nitrogen and oxygen atoms in total. The minimum atomic E-state index is -0.594. The van der Waals surface area contributed by atoms with Crippen LogP contribution in [-0.2, 0) is 4.79 Å². The summed E-state index contributed by atoms with van der Waals surface area (Å²) in [7, 11) is 0. The molecule has 1 aliphatic heterocycles. The third-order valence-electron chi connectivity index (χ3n) is 2.78. The first-order valence-corrected chi connectivity index (χ1v) is 5.01. The van der Waals surface area contributed by atoms with Gasteiger partial charge < -0.3 is 5.11 Å². The Morgan fingerprint density at radius 1 is 1.45 bits per heavy atom. The van der Waals surface area contributed by atoms with Crippen LogP contribution < -0.4 is 0 Å². The summed E-state index contributed by atoms with van der Waals surface area (Å²) in [6.45, 7) is 2.06. The van der Waals surface area contributed by atoms with E-state index in [1.165, 1.54) is 0 Å². The molecule has 62 valence electrons. The third kappa shape index (κ3) is 1.26. The van der Waals surface area contributed by atoms with Crippen molar-refractivity contribution in [1.29, 1.82) is 0 Å². The predicted molar refractivity (Wildman–Crippen MR) is 44.7 cm³/mol. The normalized spacial score (nSPS) is 48.1. The zero-order chi connectivity index (χ0) is 8.01. The summed E-state index contributed by atoms with van der Waals surface area (Å²) in [5.41, 5.74) is 0. The van der Waals surface area contributed by atoms with Gasteiger partial charge >= 0.3 is 5.97 Å². The number of carboxylic acid groups (broad SMARTS) is 1. The van der Waals surface area contributed by atoms with Crippen LogP contribution in [0.1, 0.15) is 19.8 Å². The molecule has 2 aliphatic rings. The highest BCUT2D eigenvalue weighted by Gasteiger charge is 2.48. The van der Waals surface area contributed by atoms with E-state index in [4.69, 9.17) is 5.11 Å². The van der Waals surface area contributed by atoms with E-state index in [9.17, 15) is 4.79 Å². The highest BCUT2D eigenvalue weighted by Crippen LogP contribution is 2.54. The van der Waals surface area contributed by atoms with Gasteiger partial charge in [-0.3, -0.25) is 4.79 Å². The lowest BCUT2D eigenvalue weighted by atomic mass is 9.81. The van der Waals surface area contributed by atoms with Gasteiger partial charge in [-0.2, -0.15) is 11.8 Å². The van der Waals surface area contributed by atoms with E-state index in [-0.39, 0.29) is 5.92 Å². The van der Waals surface area contributed by atoms with Crippen LogP contribution in [0.5, 0.6) is 0 Å². The van der Waals surface area contributed by atoms with Crippen molar-refractivity contribution in [2.24, 2.45) is 11.8 Å². The number of fused-ring (bicyclic) bond motifs is 1. The van der Waals surface area contributed by atoms with Gasteiger partial charge in [0.1, 0.15) is 0 Å². The summed E-state index contributed by atoms with van der Waals surface area (Å²) in [5.74, 6) is -0.265. The van der Waals surface area contributed by atoms with E-state index in [0.717, 1.165) is 18.1 Å². The minimum Gasteiger partial charge on any atom is -0.481 e. The van der Waals surface area contributed by atoms with Gasteiger partial charge in [0.15, 0.2) is 0 Å². The molecule has 3 heteroatoms. The molecule has 1 heterocycles. The molecule has 0 aromatic heterocycles. The molecule has 2 rings (SSSR count). The van der Waals surface area contributed by atoms with E-state index < -0.39 is 5.97 Å². The molecular weight excluding hydrogens is 160 g/mol. The third-order valence-corrected chi connectivity index (χ3v) is 4.21. The van der Waals surface area contributed by atoms with Crippen LogP contribution in [0, 0.1) is 11.8 Å². The molecule has 0 amide bonds. The van der Waals surface area contributed by atoms with Gasteiger partial charge in [0.25, 0.3) is 0 Å². The number of aliphatic carboxylic acids is 1. The second-order valence-electron chi connectivity index (χ2n) is 3.61. The fourth-order valence-electron chi connectivity index (χ4n) is 1.95. The van der Waals surface area contributed by atoms with E-state index in [1.54, 1.807) is 0 Å². The summed E-state index contributed by atoms with van der Waals surface area (Å²) in [6.07, 6.45) is 2.03. The molecule has 1 N–H and O–H groups in total. The van der Waals surface area contributed by atoms with Crippen molar-refractivity contribution in [3.05, 3.63) is 0 Å². The number of carbonyl (C=O) groups is 1. The van der Waals surface area contributed by atoms with E-state index in [1.807, 2.05) is 11.8 Å². The first-order chi connectivity index (χ1) is 5.18. The number of carboxylic acids is 1. The van der Waals surface area contributed by atoms with Crippen molar-refractivity contribution in [2.75, 3.05) is 0 Å². The molecule has 0 spiro atoms. The van der Waals surface area contributed by atoms with Gasteiger partial charge in [0, 0.05) is 10.5 Å².